The van der Waals surface area contributed by atoms with Gasteiger partial charge in [-0.15, -0.1) is 0 Å². The number of nitrogens with zero attached hydrogens (tertiary/aromatic N) is 5. The lowest BCUT2D eigenvalue weighted by Crippen LogP contribution is -2.48. The van der Waals surface area contributed by atoms with Gasteiger partial charge in [-0.1, -0.05) is 18.2 Å². The molecule has 34 heavy (non-hydrogen) atoms. The van der Waals surface area contributed by atoms with Crippen LogP contribution in [0.15, 0.2) is 35.4 Å². The van der Waals surface area contributed by atoms with Gasteiger partial charge in [-0.25, -0.2) is 23.1 Å². The van der Waals surface area contributed by atoms with Gasteiger partial charge in [0, 0.05) is 38.8 Å². The summed E-state index contributed by atoms with van der Waals surface area (Å²) in [6, 6.07) is 4.54. The van der Waals surface area contributed by atoms with Crippen LogP contribution in [0.2, 0.25) is 0 Å². The SMILES string of the molecule is C[C@@H](Nc1ncnc2c1cc(C(=O)N1CCN(C)CC1)c(=O)n2C)c1cccc(C(F)F)c1F. The van der Waals surface area contributed by atoms with Crippen LogP contribution in [0.5, 0.6) is 0 Å². The molecule has 0 saturated carbocycles. The van der Waals surface area contributed by atoms with Crippen LogP contribution < -0.4 is 10.9 Å². The number of halogens is 3. The Balaban J connectivity index is 1.73. The van der Waals surface area contributed by atoms with E-state index < -0.39 is 29.4 Å². The monoisotopic (exact) mass is 474 g/mol. The van der Waals surface area contributed by atoms with Gasteiger partial charge in [0.2, 0.25) is 0 Å². The number of benzene rings is 1. The molecule has 4 rings (SSSR count). The molecule has 0 spiro atoms. The number of hydrogen-bond donors (Lipinski definition) is 1. The van der Waals surface area contributed by atoms with E-state index in [-0.39, 0.29) is 28.5 Å². The Morgan fingerprint density at radius 2 is 1.76 bits per heavy atom. The van der Waals surface area contributed by atoms with E-state index >= 15 is 0 Å². The summed E-state index contributed by atoms with van der Waals surface area (Å²) in [5.74, 6) is -1.12. The molecule has 1 N–H and O–H groups in total. The number of rotatable bonds is 5. The minimum absolute atomic E-state index is 0.0177. The van der Waals surface area contributed by atoms with Crippen LogP contribution in [0.4, 0.5) is 19.0 Å². The molecular weight excluding hydrogens is 449 g/mol. The first-order valence-corrected chi connectivity index (χ1v) is 10.8. The molecule has 180 valence electrons. The minimum atomic E-state index is -2.94. The molecule has 3 aromatic rings. The van der Waals surface area contributed by atoms with Crippen LogP contribution >= 0.6 is 0 Å². The fourth-order valence-corrected chi connectivity index (χ4v) is 4.07. The first-order chi connectivity index (χ1) is 16.2. The standard InChI is InChI=1S/C23H25F3N6O2/c1-13(14-5-4-6-15(18(14)24)19(25)26)29-20-16-11-17(22(33)31(3)21(16)28-12-27-20)23(34)32-9-7-30(2)8-10-32/h4-6,11-13,19H,7-10H2,1-3H3,(H,27,28,29)/t13-/m1/s1. The van der Waals surface area contributed by atoms with Crippen molar-refractivity contribution in [1.29, 1.82) is 0 Å². The normalized spacial score (nSPS) is 15.7. The van der Waals surface area contributed by atoms with Crippen LogP contribution in [0, 0.1) is 5.82 Å². The van der Waals surface area contributed by atoms with Crippen LogP contribution in [0.1, 0.15) is 40.9 Å². The highest BCUT2D eigenvalue weighted by Gasteiger charge is 2.25. The maximum atomic E-state index is 14.7. The Morgan fingerprint density at radius 3 is 2.44 bits per heavy atom. The Bertz CT molecular complexity index is 1290. The van der Waals surface area contributed by atoms with Crippen molar-refractivity contribution in [3.05, 3.63) is 63.5 Å². The minimum Gasteiger partial charge on any atom is -0.363 e. The molecule has 1 aliphatic rings. The fourth-order valence-electron chi connectivity index (χ4n) is 4.07. The molecule has 0 bridgehead atoms. The Labute approximate surface area is 194 Å². The number of anilines is 1. The number of likely N-dealkylation sites (N-methyl/N-ethyl adjacent to an activating group) is 1. The van der Waals surface area contributed by atoms with Crippen LogP contribution in [0.3, 0.4) is 0 Å². The molecule has 2 aromatic heterocycles. The van der Waals surface area contributed by atoms with E-state index in [0.717, 1.165) is 6.07 Å². The number of alkyl halides is 2. The van der Waals surface area contributed by atoms with Gasteiger partial charge in [0.05, 0.1) is 17.0 Å². The van der Waals surface area contributed by atoms with E-state index in [0.29, 0.717) is 31.6 Å². The molecule has 1 saturated heterocycles. The van der Waals surface area contributed by atoms with E-state index in [1.165, 1.54) is 36.1 Å². The third-order valence-corrected chi connectivity index (χ3v) is 6.14. The highest BCUT2D eigenvalue weighted by Crippen LogP contribution is 2.30. The van der Waals surface area contributed by atoms with Crippen molar-refractivity contribution < 1.29 is 18.0 Å². The molecule has 1 fully saturated rings. The summed E-state index contributed by atoms with van der Waals surface area (Å²) in [4.78, 5) is 38.2. The summed E-state index contributed by atoms with van der Waals surface area (Å²) in [6.45, 7) is 4.03. The summed E-state index contributed by atoms with van der Waals surface area (Å²) in [6.07, 6.45) is -1.70. The number of aromatic nitrogens is 3. The largest absolute Gasteiger partial charge is 0.363 e. The first-order valence-electron chi connectivity index (χ1n) is 10.8. The number of hydrogen-bond acceptors (Lipinski definition) is 6. The van der Waals surface area contributed by atoms with E-state index in [1.807, 2.05) is 7.05 Å². The van der Waals surface area contributed by atoms with Gasteiger partial charge < -0.3 is 15.1 Å². The quantitative estimate of drug-likeness (QED) is 0.612. The molecule has 3 heterocycles. The highest BCUT2D eigenvalue weighted by atomic mass is 19.3. The topological polar surface area (TPSA) is 83.4 Å². The smallest absolute Gasteiger partial charge is 0.266 e. The molecule has 8 nitrogen and oxygen atoms in total. The van der Waals surface area contributed by atoms with Crippen LogP contribution in [-0.4, -0.2) is 63.5 Å². The maximum Gasteiger partial charge on any atom is 0.266 e. The van der Waals surface area contributed by atoms with Crippen LogP contribution in [-0.2, 0) is 7.05 Å². The van der Waals surface area contributed by atoms with Gasteiger partial charge in [0.1, 0.15) is 29.2 Å². The van der Waals surface area contributed by atoms with Crippen molar-refractivity contribution >= 4 is 22.8 Å². The second-order valence-electron chi connectivity index (χ2n) is 8.39. The lowest BCUT2D eigenvalue weighted by Gasteiger charge is -2.32. The van der Waals surface area contributed by atoms with E-state index in [9.17, 15) is 22.8 Å². The first kappa shape index (κ1) is 23.7. The van der Waals surface area contributed by atoms with Gasteiger partial charge in [-0.2, -0.15) is 0 Å². The number of piperazine rings is 1. The Morgan fingerprint density at radius 1 is 1.09 bits per heavy atom. The van der Waals surface area contributed by atoms with Crippen molar-refractivity contribution in [2.45, 2.75) is 19.4 Å². The van der Waals surface area contributed by atoms with E-state index in [1.54, 1.807) is 11.8 Å². The van der Waals surface area contributed by atoms with Gasteiger partial charge in [-0.05, 0) is 20.0 Å². The molecule has 1 aromatic carbocycles. The van der Waals surface area contributed by atoms with Crippen molar-refractivity contribution in [3.63, 3.8) is 0 Å². The lowest BCUT2D eigenvalue weighted by atomic mass is 10.0. The van der Waals surface area contributed by atoms with E-state index in [4.69, 9.17) is 0 Å². The predicted octanol–water partition coefficient (Wildman–Crippen LogP) is 2.97. The summed E-state index contributed by atoms with van der Waals surface area (Å²) >= 11 is 0. The van der Waals surface area contributed by atoms with Crippen molar-refractivity contribution in [2.75, 3.05) is 38.5 Å². The Kier molecular flexibility index (Phi) is 6.56. The number of pyridine rings is 1. The van der Waals surface area contributed by atoms with Crippen molar-refractivity contribution in [2.24, 2.45) is 7.05 Å². The number of aryl methyl sites for hydroxylation is 1. The second-order valence-corrected chi connectivity index (χ2v) is 8.39. The molecule has 1 amide bonds. The summed E-state index contributed by atoms with van der Waals surface area (Å²) in [5.41, 5.74) is -0.851. The number of carbonyl (C=O) groups excluding carboxylic acids is 1. The van der Waals surface area contributed by atoms with E-state index in [2.05, 4.69) is 20.2 Å². The summed E-state index contributed by atoms with van der Waals surface area (Å²) < 4.78 is 42.2. The molecule has 0 unspecified atom stereocenters. The zero-order valence-corrected chi connectivity index (χ0v) is 19.1. The zero-order valence-electron chi connectivity index (χ0n) is 19.1. The second kappa shape index (κ2) is 9.41. The number of nitrogens with one attached hydrogen (secondary N) is 1. The summed E-state index contributed by atoms with van der Waals surface area (Å²) in [7, 11) is 3.48. The molecule has 1 atom stereocenters. The molecule has 11 heteroatoms. The van der Waals surface area contributed by atoms with Crippen molar-refractivity contribution in [3.8, 4) is 0 Å². The van der Waals surface area contributed by atoms with Crippen molar-refractivity contribution in [1.82, 2.24) is 24.3 Å². The number of amides is 1. The average Bonchev–Trinajstić information content (AvgIpc) is 2.81. The zero-order chi connectivity index (χ0) is 24.6. The average molecular weight is 474 g/mol. The maximum absolute atomic E-state index is 14.7. The highest BCUT2D eigenvalue weighted by molar-refractivity contribution is 5.99. The summed E-state index contributed by atoms with van der Waals surface area (Å²) in [5, 5.41) is 3.41. The molecule has 1 aliphatic heterocycles. The van der Waals surface area contributed by atoms with Crippen LogP contribution in [0.25, 0.3) is 11.0 Å². The van der Waals surface area contributed by atoms with Gasteiger partial charge in [0.15, 0.2) is 0 Å². The molecule has 0 radical (unpaired) electrons. The lowest BCUT2D eigenvalue weighted by molar-refractivity contribution is 0.0662. The third kappa shape index (κ3) is 4.35. The van der Waals surface area contributed by atoms with Gasteiger partial charge in [-0.3, -0.25) is 14.2 Å². The predicted molar refractivity (Wildman–Crippen MR) is 122 cm³/mol. The molecular formula is C23H25F3N6O2. The third-order valence-electron chi connectivity index (χ3n) is 6.14. The number of carbonyl (C=O) groups is 1. The Hall–Kier alpha value is -3.47. The number of fused-ring (bicyclic) bond motifs is 1. The van der Waals surface area contributed by atoms with Gasteiger partial charge >= 0.3 is 0 Å². The molecule has 0 aliphatic carbocycles. The fraction of sp³-hybridized carbons (Fsp3) is 0.391. The van der Waals surface area contributed by atoms with Gasteiger partial charge in [0.25, 0.3) is 17.9 Å².